The van der Waals surface area contributed by atoms with Gasteiger partial charge in [0.1, 0.15) is 11.6 Å². The van der Waals surface area contributed by atoms with E-state index in [2.05, 4.69) is 0 Å². The molecule has 2 nitrogen and oxygen atoms in total. The standard InChI is InChI=1S/C18H21FO2/c1-5-12-9-14(21-18(20)11(3)4)10-13-7-8-16(19)15(6-2)17(12)13/h7-11H,5-6H2,1-4H3. The first kappa shape index (κ1) is 15.5. The highest BCUT2D eigenvalue weighted by atomic mass is 19.1. The first-order valence-corrected chi connectivity index (χ1v) is 7.43. The van der Waals surface area contributed by atoms with Gasteiger partial charge in [-0.05, 0) is 52.9 Å². The molecule has 0 saturated heterocycles. The van der Waals surface area contributed by atoms with Crippen molar-refractivity contribution in [3.8, 4) is 5.75 Å². The highest BCUT2D eigenvalue weighted by Crippen LogP contribution is 2.31. The van der Waals surface area contributed by atoms with Gasteiger partial charge in [-0.15, -0.1) is 0 Å². The zero-order valence-electron chi connectivity index (χ0n) is 13.0. The fourth-order valence-corrected chi connectivity index (χ4v) is 2.50. The predicted octanol–water partition coefficient (Wildman–Crippen LogP) is 4.67. The van der Waals surface area contributed by atoms with Gasteiger partial charge in [0.25, 0.3) is 0 Å². The summed E-state index contributed by atoms with van der Waals surface area (Å²) in [7, 11) is 0. The molecular weight excluding hydrogens is 267 g/mol. The molecule has 0 aliphatic carbocycles. The van der Waals surface area contributed by atoms with E-state index < -0.39 is 0 Å². The molecule has 0 aliphatic heterocycles. The Morgan fingerprint density at radius 3 is 2.48 bits per heavy atom. The molecule has 0 saturated carbocycles. The number of carbonyl (C=O) groups excluding carboxylic acids is 1. The van der Waals surface area contributed by atoms with E-state index in [1.807, 2.05) is 26.0 Å². The molecular formula is C18H21FO2. The molecule has 2 aromatic rings. The number of aryl methyl sites for hydroxylation is 2. The van der Waals surface area contributed by atoms with Crippen LogP contribution in [0.3, 0.4) is 0 Å². The number of hydrogen-bond acceptors (Lipinski definition) is 2. The van der Waals surface area contributed by atoms with Crippen LogP contribution in [-0.2, 0) is 17.6 Å². The van der Waals surface area contributed by atoms with Gasteiger partial charge < -0.3 is 4.74 Å². The van der Waals surface area contributed by atoms with Gasteiger partial charge in [0.15, 0.2) is 0 Å². The Bertz CT molecular complexity index is 674. The SMILES string of the molecule is CCc1cc(OC(=O)C(C)C)cc2ccc(F)c(CC)c12. The van der Waals surface area contributed by atoms with Gasteiger partial charge in [-0.3, -0.25) is 4.79 Å². The fraction of sp³-hybridized carbons (Fsp3) is 0.389. The van der Waals surface area contributed by atoms with Gasteiger partial charge in [0.2, 0.25) is 0 Å². The average molecular weight is 288 g/mol. The Balaban J connectivity index is 2.59. The molecule has 3 heteroatoms. The molecule has 2 rings (SSSR count). The van der Waals surface area contributed by atoms with Crippen LogP contribution in [-0.4, -0.2) is 5.97 Å². The molecule has 0 heterocycles. The Morgan fingerprint density at radius 2 is 1.90 bits per heavy atom. The third-order valence-electron chi connectivity index (χ3n) is 3.65. The lowest BCUT2D eigenvalue weighted by Gasteiger charge is -2.14. The van der Waals surface area contributed by atoms with Gasteiger partial charge in [-0.2, -0.15) is 0 Å². The van der Waals surface area contributed by atoms with Gasteiger partial charge in [0.05, 0.1) is 5.92 Å². The van der Waals surface area contributed by atoms with Crippen molar-refractivity contribution < 1.29 is 13.9 Å². The summed E-state index contributed by atoms with van der Waals surface area (Å²) in [6.07, 6.45) is 1.40. The normalized spacial score (nSPS) is 11.1. The summed E-state index contributed by atoms with van der Waals surface area (Å²) in [6.45, 7) is 7.57. The summed E-state index contributed by atoms with van der Waals surface area (Å²) < 4.78 is 19.4. The minimum Gasteiger partial charge on any atom is -0.426 e. The third-order valence-corrected chi connectivity index (χ3v) is 3.65. The molecule has 0 atom stereocenters. The predicted molar refractivity (Wildman–Crippen MR) is 83.1 cm³/mol. The van der Waals surface area contributed by atoms with Gasteiger partial charge in [-0.25, -0.2) is 4.39 Å². The Labute approximate surface area is 124 Å². The smallest absolute Gasteiger partial charge is 0.313 e. The van der Waals surface area contributed by atoms with Gasteiger partial charge >= 0.3 is 5.97 Å². The van der Waals surface area contributed by atoms with Crippen molar-refractivity contribution in [2.75, 3.05) is 0 Å². The van der Waals surface area contributed by atoms with Crippen molar-refractivity contribution in [3.05, 3.63) is 41.2 Å². The number of esters is 1. The van der Waals surface area contributed by atoms with Crippen LogP contribution < -0.4 is 4.74 Å². The molecule has 0 unspecified atom stereocenters. The fourth-order valence-electron chi connectivity index (χ4n) is 2.50. The second kappa shape index (κ2) is 6.25. The van der Waals surface area contributed by atoms with Crippen molar-refractivity contribution in [1.82, 2.24) is 0 Å². The van der Waals surface area contributed by atoms with E-state index in [9.17, 15) is 9.18 Å². The molecule has 0 aliphatic rings. The van der Waals surface area contributed by atoms with E-state index in [1.54, 1.807) is 19.9 Å². The van der Waals surface area contributed by atoms with Crippen molar-refractivity contribution in [1.29, 1.82) is 0 Å². The summed E-state index contributed by atoms with van der Waals surface area (Å²) in [6, 6.07) is 6.89. The molecule has 0 radical (unpaired) electrons. The minimum atomic E-state index is -0.255. The molecule has 0 N–H and O–H groups in total. The second-order valence-electron chi connectivity index (χ2n) is 5.49. The van der Waals surface area contributed by atoms with E-state index in [0.29, 0.717) is 12.2 Å². The molecule has 0 amide bonds. The number of rotatable bonds is 4. The second-order valence-corrected chi connectivity index (χ2v) is 5.49. The maximum absolute atomic E-state index is 14.0. The molecule has 0 bridgehead atoms. The Kier molecular flexibility index (Phi) is 4.61. The largest absolute Gasteiger partial charge is 0.426 e. The van der Waals surface area contributed by atoms with Crippen LogP contribution in [0.15, 0.2) is 24.3 Å². The minimum absolute atomic E-state index is 0.174. The number of carbonyl (C=O) groups is 1. The van der Waals surface area contributed by atoms with Crippen molar-refractivity contribution in [2.24, 2.45) is 5.92 Å². The van der Waals surface area contributed by atoms with Crippen molar-refractivity contribution in [3.63, 3.8) is 0 Å². The molecule has 0 fully saturated rings. The van der Waals surface area contributed by atoms with E-state index in [-0.39, 0.29) is 17.7 Å². The lowest BCUT2D eigenvalue weighted by Crippen LogP contribution is -2.14. The van der Waals surface area contributed by atoms with Crippen LogP contribution in [0.25, 0.3) is 10.8 Å². The van der Waals surface area contributed by atoms with Gasteiger partial charge in [0, 0.05) is 0 Å². The number of hydrogen-bond donors (Lipinski definition) is 0. The molecule has 112 valence electrons. The van der Waals surface area contributed by atoms with Crippen LogP contribution >= 0.6 is 0 Å². The van der Waals surface area contributed by atoms with Crippen LogP contribution in [0, 0.1) is 11.7 Å². The van der Waals surface area contributed by atoms with Crippen LogP contribution in [0.4, 0.5) is 4.39 Å². The highest BCUT2D eigenvalue weighted by Gasteiger charge is 2.14. The molecule has 0 spiro atoms. The van der Waals surface area contributed by atoms with Crippen LogP contribution in [0.1, 0.15) is 38.8 Å². The van der Waals surface area contributed by atoms with E-state index in [0.717, 1.165) is 28.3 Å². The zero-order chi connectivity index (χ0) is 15.6. The van der Waals surface area contributed by atoms with Crippen molar-refractivity contribution in [2.45, 2.75) is 40.5 Å². The summed E-state index contributed by atoms with van der Waals surface area (Å²) in [4.78, 5) is 11.7. The maximum atomic E-state index is 14.0. The zero-order valence-corrected chi connectivity index (χ0v) is 13.0. The number of fused-ring (bicyclic) bond motifs is 1. The maximum Gasteiger partial charge on any atom is 0.313 e. The number of benzene rings is 2. The molecule has 0 aromatic heterocycles. The number of halogens is 1. The summed E-state index contributed by atoms with van der Waals surface area (Å²) in [5.74, 6) is -0.0715. The molecule has 21 heavy (non-hydrogen) atoms. The molecule has 2 aromatic carbocycles. The summed E-state index contributed by atoms with van der Waals surface area (Å²) >= 11 is 0. The van der Waals surface area contributed by atoms with E-state index in [4.69, 9.17) is 4.74 Å². The first-order chi connectivity index (χ1) is 9.97. The Hall–Kier alpha value is -1.90. The number of ether oxygens (including phenoxy) is 1. The third kappa shape index (κ3) is 3.07. The average Bonchev–Trinajstić information content (AvgIpc) is 2.46. The van der Waals surface area contributed by atoms with Crippen LogP contribution in [0.5, 0.6) is 5.75 Å². The lowest BCUT2D eigenvalue weighted by molar-refractivity contribution is -0.137. The Morgan fingerprint density at radius 1 is 1.19 bits per heavy atom. The first-order valence-electron chi connectivity index (χ1n) is 7.43. The highest BCUT2D eigenvalue weighted by molar-refractivity contribution is 5.91. The summed E-state index contributed by atoms with van der Waals surface area (Å²) in [5, 5.41) is 1.86. The topological polar surface area (TPSA) is 26.3 Å². The van der Waals surface area contributed by atoms with E-state index >= 15 is 0 Å². The van der Waals surface area contributed by atoms with E-state index in [1.165, 1.54) is 6.07 Å². The lowest BCUT2D eigenvalue weighted by atomic mass is 9.95. The quantitative estimate of drug-likeness (QED) is 0.604. The summed E-state index contributed by atoms with van der Waals surface area (Å²) in [5.41, 5.74) is 1.74. The van der Waals surface area contributed by atoms with Crippen molar-refractivity contribution >= 4 is 16.7 Å². The van der Waals surface area contributed by atoms with Crippen LogP contribution in [0.2, 0.25) is 0 Å². The monoisotopic (exact) mass is 288 g/mol. The van der Waals surface area contributed by atoms with Gasteiger partial charge in [-0.1, -0.05) is 33.8 Å².